The Balaban J connectivity index is 2.51. The van der Waals surface area contributed by atoms with Gasteiger partial charge >= 0.3 is 6.03 Å². The average Bonchev–Trinajstić information content (AvgIpc) is 2.48. The molecule has 0 radical (unpaired) electrons. The third-order valence-corrected chi connectivity index (χ3v) is 1.83. The van der Waals surface area contributed by atoms with Gasteiger partial charge in [0.05, 0.1) is 5.52 Å². The number of primary amides is 1. The zero-order valence-corrected chi connectivity index (χ0v) is 6.90. The average molecular weight is 175 g/mol. The zero-order chi connectivity index (χ0) is 9.26. The van der Waals surface area contributed by atoms with Gasteiger partial charge in [0, 0.05) is 11.6 Å². The van der Waals surface area contributed by atoms with Crippen molar-refractivity contribution >= 4 is 16.9 Å². The maximum Gasteiger partial charge on any atom is 0.331 e. The Morgan fingerprint density at radius 1 is 1.31 bits per heavy atom. The summed E-state index contributed by atoms with van der Waals surface area (Å²) < 4.78 is 1.59. The standard InChI is InChI=1S/C9H9N3O/c10-9(13)11-12-6-5-7-3-1-2-4-8(7)12/h1-6H,(H3,10,11,13). The second-order valence-electron chi connectivity index (χ2n) is 2.72. The lowest BCUT2D eigenvalue weighted by molar-refractivity contribution is 0.257. The van der Waals surface area contributed by atoms with Crippen LogP contribution in [0, 0.1) is 0 Å². The molecule has 66 valence electrons. The SMILES string of the molecule is NC(=O)Nn1ccc2ccccc21. The number of nitrogens with two attached hydrogens (primary N) is 1. The van der Waals surface area contributed by atoms with E-state index in [-0.39, 0.29) is 0 Å². The highest BCUT2D eigenvalue weighted by Gasteiger charge is 1.99. The molecule has 2 amide bonds. The number of hydrogen-bond donors (Lipinski definition) is 2. The van der Waals surface area contributed by atoms with E-state index in [4.69, 9.17) is 5.73 Å². The first-order valence-corrected chi connectivity index (χ1v) is 3.90. The first kappa shape index (κ1) is 7.67. The minimum atomic E-state index is -0.568. The summed E-state index contributed by atoms with van der Waals surface area (Å²) in [7, 11) is 0. The first-order valence-electron chi connectivity index (χ1n) is 3.90. The maximum atomic E-state index is 10.6. The fourth-order valence-corrected chi connectivity index (χ4v) is 1.30. The van der Waals surface area contributed by atoms with Crippen LogP contribution < -0.4 is 11.2 Å². The van der Waals surface area contributed by atoms with Crippen molar-refractivity contribution in [1.29, 1.82) is 0 Å². The molecule has 1 aromatic heterocycles. The van der Waals surface area contributed by atoms with Crippen molar-refractivity contribution in [2.24, 2.45) is 5.73 Å². The van der Waals surface area contributed by atoms with Crippen molar-refractivity contribution in [3.05, 3.63) is 36.5 Å². The van der Waals surface area contributed by atoms with Gasteiger partial charge in [0.2, 0.25) is 0 Å². The van der Waals surface area contributed by atoms with Gasteiger partial charge in [-0.15, -0.1) is 0 Å². The van der Waals surface area contributed by atoms with Crippen molar-refractivity contribution in [3.8, 4) is 0 Å². The highest BCUT2D eigenvalue weighted by molar-refractivity contribution is 5.85. The van der Waals surface area contributed by atoms with Crippen molar-refractivity contribution in [1.82, 2.24) is 4.68 Å². The molecule has 0 aliphatic heterocycles. The Kier molecular flexibility index (Phi) is 1.66. The zero-order valence-electron chi connectivity index (χ0n) is 6.90. The predicted molar refractivity (Wildman–Crippen MR) is 50.9 cm³/mol. The van der Waals surface area contributed by atoms with Crippen molar-refractivity contribution in [2.75, 3.05) is 5.43 Å². The van der Waals surface area contributed by atoms with E-state index in [2.05, 4.69) is 5.43 Å². The molecular formula is C9H9N3O. The number of fused-ring (bicyclic) bond motifs is 1. The number of hydrogen-bond acceptors (Lipinski definition) is 1. The third kappa shape index (κ3) is 1.33. The van der Waals surface area contributed by atoms with Gasteiger partial charge < -0.3 is 5.73 Å². The van der Waals surface area contributed by atoms with Crippen LogP contribution in [0.2, 0.25) is 0 Å². The molecule has 0 saturated heterocycles. The van der Waals surface area contributed by atoms with Gasteiger partial charge in [-0.1, -0.05) is 18.2 Å². The Labute approximate surface area is 74.9 Å². The van der Waals surface area contributed by atoms with Gasteiger partial charge in [-0.2, -0.15) is 0 Å². The van der Waals surface area contributed by atoms with Crippen LogP contribution in [0.5, 0.6) is 0 Å². The minimum Gasteiger partial charge on any atom is -0.350 e. The smallest absolute Gasteiger partial charge is 0.331 e. The lowest BCUT2D eigenvalue weighted by Crippen LogP contribution is -2.27. The number of benzene rings is 1. The van der Waals surface area contributed by atoms with Crippen LogP contribution in [0.25, 0.3) is 10.9 Å². The van der Waals surface area contributed by atoms with E-state index in [1.807, 2.05) is 30.3 Å². The van der Waals surface area contributed by atoms with E-state index in [1.165, 1.54) is 0 Å². The van der Waals surface area contributed by atoms with E-state index < -0.39 is 6.03 Å². The summed E-state index contributed by atoms with van der Waals surface area (Å²) in [5.74, 6) is 0. The van der Waals surface area contributed by atoms with E-state index >= 15 is 0 Å². The molecule has 4 nitrogen and oxygen atoms in total. The summed E-state index contributed by atoms with van der Waals surface area (Å²) in [5, 5.41) is 1.07. The molecule has 2 aromatic rings. The van der Waals surface area contributed by atoms with E-state index in [9.17, 15) is 4.79 Å². The summed E-state index contributed by atoms with van der Waals surface area (Å²) in [6.07, 6.45) is 1.76. The Morgan fingerprint density at radius 2 is 2.08 bits per heavy atom. The molecule has 3 N–H and O–H groups in total. The van der Waals surface area contributed by atoms with Gasteiger partial charge in [-0.3, -0.25) is 4.68 Å². The molecule has 0 aliphatic carbocycles. The van der Waals surface area contributed by atoms with Gasteiger partial charge in [0.1, 0.15) is 0 Å². The van der Waals surface area contributed by atoms with Crippen LogP contribution in [-0.2, 0) is 0 Å². The van der Waals surface area contributed by atoms with Crippen molar-refractivity contribution in [3.63, 3.8) is 0 Å². The van der Waals surface area contributed by atoms with Crippen LogP contribution in [0.1, 0.15) is 0 Å². The van der Waals surface area contributed by atoms with Crippen LogP contribution in [0.3, 0.4) is 0 Å². The fraction of sp³-hybridized carbons (Fsp3) is 0. The highest BCUT2D eigenvalue weighted by Crippen LogP contribution is 2.12. The Morgan fingerprint density at radius 3 is 2.85 bits per heavy atom. The second kappa shape index (κ2) is 2.82. The Bertz CT molecular complexity index is 447. The van der Waals surface area contributed by atoms with E-state index in [0.717, 1.165) is 10.9 Å². The number of amides is 2. The van der Waals surface area contributed by atoms with Crippen LogP contribution in [-0.4, -0.2) is 10.7 Å². The number of nitrogens with zero attached hydrogens (tertiary/aromatic N) is 1. The minimum absolute atomic E-state index is 0.568. The monoisotopic (exact) mass is 175 g/mol. The molecule has 0 bridgehead atoms. The quantitative estimate of drug-likeness (QED) is 0.673. The molecule has 4 heteroatoms. The largest absolute Gasteiger partial charge is 0.350 e. The number of urea groups is 1. The maximum absolute atomic E-state index is 10.6. The molecule has 13 heavy (non-hydrogen) atoms. The van der Waals surface area contributed by atoms with Crippen LogP contribution >= 0.6 is 0 Å². The highest BCUT2D eigenvalue weighted by atomic mass is 16.2. The van der Waals surface area contributed by atoms with Crippen molar-refractivity contribution in [2.45, 2.75) is 0 Å². The molecule has 0 fully saturated rings. The number of nitrogens with one attached hydrogen (secondary N) is 1. The predicted octanol–water partition coefficient (Wildman–Crippen LogP) is 1.26. The number of carbonyl (C=O) groups excluding carboxylic acids is 1. The molecule has 1 aromatic carbocycles. The second-order valence-corrected chi connectivity index (χ2v) is 2.72. The molecule has 0 unspecified atom stereocenters. The lowest BCUT2D eigenvalue weighted by atomic mass is 10.3. The Hall–Kier alpha value is -1.97. The lowest BCUT2D eigenvalue weighted by Gasteiger charge is -2.03. The van der Waals surface area contributed by atoms with Gasteiger partial charge in [0.15, 0.2) is 0 Å². The molecule has 0 aliphatic rings. The molecule has 0 saturated carbocycles. The number of para-hydroxylation sites is 1. The number of carbonyl (C=O) groups is 1. The van der Waals surface area contributed by atoms with Gasteiger partial charge in [0.25, 0.3) is 0 Å². The van der Waals surface area contributed by atoms with Crippen molar-refractivity contribution < 1.29 is 4.79 Å². The van der Waals surface area contributed by atoms with E-state index in [1.54, 1.807) is 10.9 Å². The number of rotatable bonds is 1. The normalized spacial score (nSPS) is 10.2. The molecule has 0 spiro atoms. The summed E-state index contributed by atoms with van der Waals surface area (Å²) in [4.78, 5) is 10.6. The molecular weight excluding hydrogens is 166 g/mol. The summed E-state index contributed by atoms with van der Waals surface area (Å²) in [6.45, 7) is 0. The third-order valence-electron chi connectivity index (χ3n) is 1.83. The molecule has 2 rings (SSSR count). The first-order chi connectivity index (χ1) is 6.27. The molecule has 1 heterocycles. The molecule has 0 atom stereocenters. The summed E-state index contributed by atoms with van der Waals surface area (Å²) in [6, 6.07) is 9.06. The topological polar surface area (TPSA) is 60.1 Å². The van der Waals surface area contributed by atoms with Gasteiger partial charge in [-0.05, 0) is 12.1 Å². The van der Waals surface area contributed by atoms with Gasteiger partial charge in [-0.25, -0.2) is 10.2 Å². The van der Waals surface area contributed by atoms with Crippen LogP contribution in [0.15, 0.2) is 36.5 Å². The number of aromatic nitrogens is 1. The fourth-order valence-electron chi connectivity index (χ4n) is 1.30. The van der Waals surface area contributed by atoms with E-state index in [0.29, 0.717) is 0 Å². The van der Waals surface area contributed by atoms with Crippen LogP contribution in [0.4, 0.5) is 4.79 Å². The summed E-state index contributed by atoms with van der Waals surface area (Å²) >= 11 is 0. The summed E-state index contributed by atoms with van der Waals surface area (Å²) in [5.41, 5.74) is 8.42.